The molecule has 0 amide bonds. The van der Waals surface area contributed by atoms with Crippen LogP contribution in [-0.4, -0.2) is 22.4 Å². The van der Waals surface area contributed by atoms with E-state index in [9.17, 15) is 10.2 Å². The van der Waals surface area contributed by atoms with Gasteiger partial charge in [0.25, 0.3) is 0 Å². The molecule has 2 nitrogen and oxygen atoms in total. The van der Waals surface area contributed by atoms with Crippen LogP contribution < -0.4 is 0 Å². The molecule has 2 rings (SSSR count). The Hall–Kier alpha value is -0.0800. The van der Waals surface area contributed by atoms with Gasteiger partial charge < -0.3 is 10.2 Å². The molecule has 2 aliphatic carbocycles. The van der Waals surface area contributed by atoms with Crippen molar-refractivity contribution in [2.75, 3.05) is 0 Å². The zero-order valence-electron chi connectivity index (χ0n) is 23.3. The van der Waals surface area contributed by atoms with Crippen molar-refractivity contribution in [2.45, 2.75) is 157 Å². The van der Waals surface area contributed by atoms with Crippen molar-refractivity contribution in [3.05, 3.63) is 0 Å². The fourth-order valence-corrected chi connectivity index (χ4v) is 7.12. The van der Waals surface area contributed by atoms with E-state index in [1.54, 1.807) is 0 Å². The minimum absolute atomic E-state index is 0.0603. The van der Waals surface area contributed by atoms with Crippen molar-refractivity contribution in [1.29, 1.82) is 0 Å². The van der Waals surface area contributed by atoms with E-state index >= 15 is 0 Å². The summed E-state index contributed by atoms with van der Waals surface area (Å²) in [6.07, 6.45) is 16.8. The monoisotopic (exact) mass is 452 g/mol. The zero-order chi connectivity index (χ0) is 24.4. The average Bonchev–Trinajstić information content (AvgIpc) is 2.67. The number of aliphatic hydroxyl groups excluding tert-OH is 2. The minimum Gasteiger partial charge on any atom is -0.393 e. The van der Waals surface area contributed by atoms with Gasteiger partial charge in [-0.1, -0.05) is 93.9 Å². The van der Waals surface area contributed by atoms with Gasteiger partial charge in [0.1, 0.15) is 0 Å². The van der Waals surface area contributed by atoms with Crippen LogP contribution in [0.4, 0.5) is 0 Å². The Bertz CT molecular complexity index is 439. The molecule has 32 heavy (non-hydrogen) atoms. The molecule has 2 heteroatoms. The molecule has 2 fully saturated rings. The van der Waals surface area contributed by atoms with E-state index in [1.165, 1.54) is 51.4 Å². The predicted octanol–water partition coefficient (Wildman–Crippen LogP) is 8.78. The summed E-state index contributed by atoms with van der Waals surface area (Å²) in [5.74, 6) is 3.32. The van der Waals surface area contributed by atoms with Gasteiger partial charge in [-0.3, -0.25) is 0 Å². The van der Waals surface area contributed by atoms with Crippen molar-refractivity contribution in [2.24, 2.45) is 34.5 Å². The first-order valence-electron chi connectivity index (χ1n) is 14.3. The third-order valence-electron chi connectivity index (χ3n) is 9.21. The lowest BCUT2D eigenvalue weighted by molar-refractivity contribution is 0.0557. The van der Waals surface area contributed by atoms with Crippen LogP contribution in [0.1, 0.15) is 145 Å². The summed E-state index contributed by atoms with van der Waals surface area (Å²) >= 11 is 0. The molecule has 0 radical (unpaired) electrons. The fourth-order valence-electron chi connectivity index (χ4n) is 7.12. The molecule has 192 valence electrons. The molecule has 2 saturated carbocycles. The van der Waals surface area contributed by atoms with Crippen LogP contribution >= 0.6 is 0 Å². The van der Waals surface area contributed by atoms with Gasteiger partial charge in [0.2, 0.25) is 0 Å². The first-order chi connectivity index (χ1) is 14.9. The summed E-state index contributed by atoms with van der Waals surface area (Å²) < 4.78 is 0. The Labute approximate surface area is 202 Å². The van der Waals surface area contributed by atoms with Gasteiger partial charge in [0.15, 0.2) is 0 Å². The highest BCUT2D eigenvalue weighted by Crippen LogP contribution is 2.47. The van der Waals surface area contributed by atoms with Crippen molar-refractivity contribution >= 4 is 0 Å². The van der Waals surface area contributed by atoms with Gasteiger partial charge in [0.05, 0.1) is 12.2 Å². The first kappa shape index (κ1) is 30.0. The molecule has 0 aromatic rings. The molecule has 0 bridgehead atoms. The van der Waals surface area contributed by atoms with Crippen molar-refractivity contribution in [3.63, 3.8) is 0 Å². The quantitative estimate of drug-likeness (QED) is 0.347. The number of aliphatic hydroxyl groups is 2. The van der Waals surface area contributed by atoms with Crippen LogP contribution in [0.15, 0.2) is 0 Å². The Morgan fingerprint density at radius 2 is 1.00 bits per heavy atom. The second-order valence-electron chi connectivity index (χ2n) is 13.0. The largest absolute Gasteiger partial charge is 0.393 e. The molecule has 2 aliphatic rings. The highest BCUT2D eigenvalue weighted by atomic mass is 16.3. The van der Waals surface area contributed by atoms with Gasteiger partial charge in [0, 0.05) is 0 Å². The average molecular weight is 453 g/mol. The summed E-state index contributed by atoms with van der Waals surface area (Å²) in [5.41, 5.74) is 0.979. The molecule has 0 heterocycles. The van der Waals surface area contributed by atoms with E-state index in [0.29, 0.717) is 10.8 Å². The minimum atomic E-state index is -0.0603. The van der Waals surface area contributed by atoms with E-state index in [2.05, 4.69) is 55.4 Å². The Kier molecular flexibility index (Phi) is 13.4. The summed E-state index contributed by atoms with van der Waals surface area (Å²) in [4.78, 5) is 0. The first-order valence-corrected chi connectivity index (χ1v) is 14.3. The van der Waals surface area contributed by atoms with Crippen LogP contribution in [0, 0.1) is 34.5 Å². The van der Waals surface area contributed by atoms with Gasteiger partial charge in [-0.25, -0.2) is 0 Å². The van der Waals surface area contributed by atoms with Crippen LogP contribution in [0.2, 0.25) is 0 Å². The summed E-state index contributed by atoms with van der Waals surface area (Å²) in [5, 5.41) is 19.7. The molecule has 0 unspecified atom stereocenters. The second-order valence-corrected chi connectivity index (χ2v) is 13.0. The molecular formula is C30H60O2. The highest BCUT2D eigenvalue weighted by Gasteiger charge is 2.37. The van der Waals surface area contributed by atoms with E-state index in [-0.39, 0.29) is 12.2 Å². The van der Waals surface area contributed by atoms with Gasteiger partial charge in [-0.2, -0.15) is 0 Å². The molecule has 0 spiro atoms. The maximum Gasteiger partial charge on any atom is 0.0540 e. The number of hydrogen-bond donors (Lipinski definition) is 2. The van der Waals surface area contributed by atoms with Crippen molar-refractivity contribution in [1.82, 2.24) is 0 Å². The smallest absolute Gasteiger partial charge is 0.0540 e. The van der Waals surface area contributed by atoms with Crippen LogP contribution in [0.5, 0.6) is 0 Å². The summed E-state index contributed by atoms with van der Waals surface area (Å²) in [7, 11) is 0. The Morgan fingerprint density at radius 1 is 0.656 bits per heavy atom. The van der Waals surface area contributed by atoms with E-state index in [4.69, 9.17) is 0 Å². The maximum absolute atomic E-state index is 9.84. The maximum atomic E-state index is 9.84. The number of rotatable bonds is 10. The van der Waals surface area contributed by atoms with Crippen LogP contribution in [0.3, 0.4) is 0 Å². The third kappa shape index (κ3) is 10.0. The molecule has 0 aliphatic heterocycles. The van der Waals surface area contributed by atoms with E-state index in [1.807, 2.05) is 0 Å². The zero-order valence-corrected chi connectivity index (χ0v) is 23.3. The summed E-state index contributed by atoms with van der Waals surface area (Å²) in [6.45, 7) is 18.8. The Morgan fingerprint density at radius 3 is 1.28 bits per heavy atom. The normalized spacial score (nSPS) is 31.3. The van der Waals surface area contributed by atoms with Crippen molar-refractivity contribution in [3.8, 4) is 0 Å². The van der Waals surface area contributed by atoms with Crippen LogP contribution in [0.25, 0.3) is 0 Å². The van der Waals surface area contributed by atoms with Gasteiger partial charge >= 0.3 is 0 Å². The standard InChI is InChI=1S/2C15H30O/c2*1-5-7-13(16)9-10-14-12(2)8-6-11-15(14,3)4/h2*12-14,16H,5-11H2,1-4H3/t12-,13+,14+;12-,13-,14+/m10/s1. The lowest BCUT2D eigenvalue weighted by Gasteiger charge is -2.43. The lowest BCUT2D eigenvalue weighted by Crippen LogP contribution is -2.34. The molecule has 0 aromatic heterocycles. The van der Waals surface area contributed by atoms with E-state index < -0.39 is 0 Å². The Balaban J connectivity index is 0.000000320. The fraction of sp³-hybridized carbons (Fsp3) is 1.00. The van der Waals surface area contributed by atoms with Gasteiger partial charge in [-0.15, -0.1) is 0 Å². The molecule has 0 saturated heterocycles. The molecular weight excluding hydrogens is 392 g/mol. The SMILES string of the molecule is CCC[C@H](O)CC[C@@H]1[C@@H](C)CCCC1(C)C.CCC[C@H](O)CC[C@H]1[C@H](C)CCCC1(C)C. The molecule has 6 atom stereocenters. The van der Waals surface area contributed by atoms with E-state index in [0.717, 1.165) is 62.2 Å². The highest BCUT2D eigenvalue weighted by molar-refractivity contribution is 4.87. The number of hydrogen-bond acceptors (Lipinski definition) is 2. The van der Waals surface area contributed by atoms with Crippen molar-refractivity contribution < 1.29 is 10.2 Å². The lowest BCUT2D eigenvalue weighted by atomic mass is 9.62. The molecule has 2 N–H and O–H groups in total. The molecule has 0 aromatic carbocycles. The topological polar surface area (TPSA) is 40.5 Å². The summed E-state index contributed by atoms with van der Waals surface area (Å²) in [6, 6.07) is 0. The predicted molar refractivity (Wildman–Crippen MR) is 141 cm³/mol. The van der Waals surface area contributed by atoms with Gasteiger partial charge in [-0.05, 0) is 85.9 Å². The van der Waals surface area contributed by atoms with Crippen LogP contribution in [-0.2, 0) is 0 Å². The third-order valence-corrected chi connectivity index (χ3v) is 9.21. The second kappa shape index (κ2) is 14.3.